The Morgan fingerprint density at radius 2 is 1.95 bits per heavy atom. The van der Waals surface area contributed by atoms with Gasteiger partial charge < -0.3 is 5.32 Å². The lowest BCUT2D eigenvalue weighted by molar-refractivity contribution is -0.132. The molecule has 1 fully saturated rings. The van der Waals surface area contributed by atoms with Crippen LogP contribution in [0.4, 0.5) is 4.79 Å². The number of benzene rings is 1. The molecule has 22 heavy (non-hydrogen) atoms. The van der Waals surface area contributed by atoms with Gasteiger partial charge in [-0.25, -0.2) is 4.79 Å². The number of aryl methyl sites for hydroxylation is 1. The molecule has 2 heterocycles. The quantitative estimate of drug-likeness (QED) is 0.875. The highest BCUT2D eigenvalue weighted by Crippen LogP contribution is 2.32. The van der Waals surface area contributed by atoms with Crippen molar-refractivity contribution in [3.63, 3.8) is 0 Å². The molecule has 6 nitrogen and oxygen atoms in total. The summed E-state index contributed by atoms with van der Waals surface area (Å²) >= 11 is 0. The number of carbonyl (C=O) groups excluding carboxylic acids is 2. The van der Waals surface area contributed by atoms with Crippen molar-refractivity contribution in [2.75, 3.05) is 0 Å². The Hall–Kier alpha value is -2.63. The monoisotopic (exact) mass is 298 g/mol. The molecule has 0 saturated carbocycles. The van der Waals surface area contributed by atoms with Gasteiger partial charge in [0.1, 0.15) is 5.54 Å². The summed E-state index contributed by atoms with van der Waals surface area (Å²) in [5, 5.41) is 6.97. The Morgan fingerprint density at radius 1 is 1.23 bits per heavy atom. The molecule has 1 atom stereocenters. The van der Waals surface area contributed by atoms with Crippen LogP contribution in [0.5, 0.6) is 0 Å². The minimum atomic E-state index is -1.01. The summed E-state index contributed by atoms with van der Waals surface area (Å²) in [6, 6.07) is 9.12. The number of imide groups is 1. The van der Waals surface area contributed by atoms with Crippen LogP contribution in [0.2, 0.25) is 0 Å². The normalized spacial score (nSPS) is 21.3. The lowest BCUT2D eigenvalue weighted by Crippen LogP contribution is -2.43. The van der Waals surface area contributed by atoms with Crippen molar-refractivity contribution in [2.24, 2.45) is 7.05 Å². The summed E-state index contributed by atoms with van der Waals surface area (Å²) in [4.78, 5) is 26.5. The van der Waals surface area contributed by atoms with Gasteiger partial charge >= 0.3 is 6.03 Å². The van der Waals surface area contributed by atoms with Gasteiger partial charge in [0.15, 0.2) is 0 Å². The minimum absolute atomic E-state index is 0.225. The zero-order valence-electron chi connectivity index (χ0n) is 12.6. The second kappa shape index (κ2) is 5.29. The van der Waals surface area contributed by atoms with E-state index in [1.165, 1.54) is 4.90 Å². The van der Waals surface area contributed by atoms with Crippen LogP contribution in [-0.4, -0.2) is 26.6 Å². The highest BCUT2D eigenvalue weighted by Gasteiger charge is 2.51. The van der Waals surface area contributed by atoms with E-state index in [4.69, 9.17) is 0 Å². The summed E-state index contributed by atoms with van der Waals surface area (Å²) < 4.78 is 1.63. The largest absolute Gasteiger partial charge is 0.325 e. The Morgan fingerprint density at radius 3 is 2.55 bits per heavy atom. The van der Waals surface area contributed by atoms with E-state index in [0.29, 0.717) is 12.0 Å². The third-order valence-corrected chi connectivity index (χ3v) is 4.09. The van der Waals surface area contributed by atoms with Crippen molar-refractivity contribution in [2.45, 2.75) is 25.4 Å². The van der Waals surface area contributed by atoms with Gasteiger partial charge in [-0.3, -0.25) is 14.4 Å². The first-order valence-corrected chi connectivity index (χ1v) is 7.24. The van der Waals surface area contributed by atoms with E-state index >= 15 is 0 Å². The summed E-state index contributed by atoms with van der Waals surface area (Å²) in [6.07, 6.45) is 3.88. The number of carbonyl (C=O) groups is 2. The number of urea groups is 1. The Bertz CT molecular complexity index is 710. The van der Waals surface area contributed by atoms with Crippen molar-refractivity contribution >= 4 is 11.9 Å². The number of rotatable bonds is 4. The predicted molar refractivity (Wildman–Crippen MR) is 80.7 cm³/mol. The Balaban J connectivity index is 1.93. The third-order valence-electron chi connectivity index (χ3n) is 4.09. The molecule has 3 amide bonds. The van der Waals surface area contributed by atoms with E-state index in [2.05, 4.69) is 10.4 Å². The van der Waals surface area contributed by atoms with Gasteiger partial charge in [-0.15, -0.1) is 0 Å². The summed E-state index contributed by atoms with van der Waals surface area (Å²) in [5.74, 6) is -0.225. The summed E-state index contributed by atoms with van der Waals surface area (Å²) in [5.41, 5.74) is 0.621. The average molecular weight is 298 g/mol. The van der Waals surface area contributed by atoms with Gasteiger partial charge in [-0.05, 0) is 12.0 Å². The van der Waals surface area contributed by atoms with Crippen LogP contribution in [-0.2, 0) is 23.9 Å². The molecule has 0 aliphatic carbocycles. The topological polar surface area (TPSA) is 67.2 Å². The van der Waals surface area contributed by atoms with Crippen LogP contribution < -0.4 is 5.32 Å². The molecule has 1 saturated heterocycles. The first kappa shape index (κ1) is 14.3. The average Bonchev–Trinajstić information content (AvgIpc) is 3.06. The van der Waals surface area contributed by atoms with Crippen molar-refractivity contribution in [1.82, 2.24) is 20.0 Å². The molecule has 1 aromatic heterocycles. The van der Waals surface area contributed by atoms with Gasteiger partial charge in [0.25, 0.3) is 5.91 Å². The fourth-order valence-electron chi connectivity index (χ4n) is 2.82. The molecule has 0 spiro atoms. The van der Waals surface area contributed by atoms with Gasteiger partial charge in [0.05, 0.1) is 12.7 Å². The van der Waals surface area contributed by atoms with Crippen LogP contribution in [0.25, 0.3) is 0 Å². The van der Waals surface area contributed by atoms with E-state index < -0.39 is 5.54 Å². The smallest absolute Gasteiger partial charge is 0.319 e. The lowest BCUT2D eigenvalue weighted by Gasteiger charge is -2.23. The van der Waals surface area contributed by atoms with E-state index in [1.54, 1.807) is 24.1 Å². The highest BCUT2D eigenvalue weighted by molar-refractivity contribution is 6.07. The fraction of sp³-hybridized carbons (Fsp3) is 0.312. The Kier molecular flexibility index (Phi) is 3.44. The molecule has 6 heteroatoms. The molecule has 114 valence electrons. The van der Waals surface area contributed by atoms with E-state index in [1.807, 2.05) is 37.3 Å². The molecular weight excluding hydrogens is 280 g/mol. The summed E-state index contributed by atoms with van der Waals surface area (Å²) in [7, 11) is 1.79. The SMILES string of the molecule is CCC1(c2cnn(C)c2)NC(=O)N(Cc2ccccc2)C1=O. The first-order valence-electron chi connectivity index (χ1n) is 7.24. The lowest BCUT2D eigenvalue weighted by atomic mass is 9.89. The molecular formula is C16H18N4O2. The number of amides is 3. The molecule has 0 radical (unpaired) electrons. The van der Waals surface area contributed by atoms with E-state index in [-0.39, 0.29) is 18.5 Å². The van der Waals surface area contributed by atoms with Gasteiger partial charge in [0, 0.05) is 18.8 Å². The molecule has 1 N–H and O–H groups in total. The zero-order valence-corrected chi connectivity index (χ0v) is 12.6. The van der Waals surface area contributed by atoms with Gasteiger partial charge in [-0.2, -0.15) is 5.10 Å². The molecule has 0 bridgehead atoms. The molecule has 1 aliphatic rings. The highest BCUT2D eigenvalue weighted by atomic mass is 16.2. The van der Waals surface area contributed by atoms with Crippen LogP contribution in [0, 0.1) is 0 Å². The predicted octanol–water partition coefficient (Wildman–Crippen LogP) is 1.78. The minimum Gasteiger partial charge on any atom is -0.319 e. The zero-order chi connectivity index (χ0) is 15.7. The maximum atomic E-state index is 12.9. The van der Waals surface area contributed by atoms with Crippen LogP contribution in [0.15, 0.2) is 42.7 Å². The molecule has 1 aromatic carbocycles. The number of hydrogen-bond donors (Lipinski definition) is 1. The van der Waals surface area contributed by atoms with Crippen molar-refractivity contribution in [1.29, 1.82) is 0 Å². The Labute approximate surface area is 128 Å². The molecule has 1 aliphatic heterocycles. The second-order valence-corrected chi connectivity index (χ2v) is 5.47. The summed E-state index contributed by atoms with van der Waals surface area (Å²) in [6.45, 7) is 2.16. The van der Waals surface area contributed by atoms with Crippen molar-refractivity contribution in [3.05, 3.63) is 53.9 Å². The molecule has 3 rings (SSSR count). The number of nitrogens with zero attached hydrogens (tertiary/aromatic N) is 3. The maximum absolute atomic E-state index is 12.9. The van der Waals surface area contributed by atoms with Crippen LogP contribution >= 0.6 is 0 Å². The van der Waals surface area contributed by atoms with E-state index in [9.17, 15) is 9.59 Å². The van der Waals surface area contributed by atoms with Crippen molar-refractivity contribution < 1.29 is 9.59 Å². The van der Waals surface area contributed by atoms with Crippen molar-refractivity contribution in [3.8, 4) is 0 Å². The second-order valence-electron chi connectivity index (χ2n) is 5.47. The number of aromatic nitrogens is 2. The van der Waals surface area contributed by atoms with Crippen LogP contribution in [0.3, 0.4) is 0 Å². The van der Waals surface area contributed by atoms with Crippen LogP contribution in [0.1, 0.15) is 24.5 Å². The van der Waals surface area contributed by atoms with E-state index in [0.717, 1.165) is 5.56 Å². The third kappa shape index (κ3) is 2.16. The first-order chi connectivity index (χ1) is 10.6. The maximum Gasteiger partial charge on any atom is 0.325 e. The number of nitrogens with one attached hydrogen (secondary N) is 1. The standard InChI is InChI=1S/C16H18N4O2/c1-3-16(13-9-17-19(2)11-13)14(21)20(15(22)18-16)10-12-7-5-4-6-8-12/h4-9,11H,3,10H2,1-2H3,(H,18,22). The number of hydrogen-bond acceptors (Lipinski definition) is 3. The molecule has 1 unspecified atom stereocenters. The molecule has 2 aromatic rings. The fourth-order valence-corrected chi connectivity index (χ4v) is 2.82. The van der Waals surface area contributed by atoms with Gasteiger partial charge in [0.2, 0.25) is 0 Å². The van der Waals surface area contributed by atoms with Gasteiger partial charge in [-0.1, -0.05) is 37.3 Å².